The zero-order valence-corrected chi connectivity index (χ0v) is 17.0. The second-order valence-corrected chi connectivity index (χ2v) is 7.88. The Kier molecular flexibility index (Phi) is 6.90. The average Bonchev–Trinajstić information content (AvgIpc) is 2.72. The number of fused-ring (bicyclic) bond motifs is 1. The van der Waals surface area contributed by atoms with Crippen LogP contribution in [0.15, 0.2) is 53.4 Å². The van der Waals surface area contributed by atoms with Crippen LogP contribution >= 0.6 is 11.8 Å². The predicted octanol–water partition coefficient (Wildman–Crippen LogP) is 0.385. The molecule has 152 valence electrons. The summed E-state index contributed by atoms with van der Waals surface area (Å²) in [5, 5.41) is 2.90. The van der Waals surface area contributed by atoms with E-state index in [1.54, 1.807) is 6.07 Å². The van der Waals surface area contributed by atoms with E-state index in [2.05, 4.69) is 5.32 Å². The summed E-state index contributed by atoms with van der Waals surface area (Å²) in [5.74, 6) is -0.820. The van der Waals surface area contributed by atoms with E-state index >= 15 is 0 Å². The van der Waals surface area contributed by atoms with Gasteiger partial charge in [-0.1, -0.05) is 36.4 Å². The predicted molar refractivity (Wildman–Crippen MR) is 110 cm³/mol. The summed E-state index contributed by atoms with van der Waals surface area (Å²) in [7, 11) is 1.37. The normalized spacial score (nSPS) is 17.8. The number of quaternary nitrogens is 1. The van der Waals surface area contributed by atoms with E-state index in [0.717, 1.165) is 20.9 Å². The lowest BCUT2D eigenvalue weighted by Crippen LogP contribution is -3.17. The fraction of sp³-hybridized carbons (Fsp3) is 0.286. The molecule has 3 rings (SSSR count). The van der Waals surface area contributed by atoms with E-state index in [1.807, 2.05) is 42.5 Å². The highest BCUT2D eigenvalue weighted by Gasteiger charge is 2.37. The van der Waals surface area contributed by atoms with Crippen molar-refractivity contribution in [3.05, 3.63) is 59.7 Å². The lowest BCUT2D eigenvalue weighted by atomic mass is 9.94. The third-order valence-electron chi connectivity index (χ3n) is 4.86. The molecule has 2 atom stereocenters. The molecular weight excluding hydrogens is 390 g/mol. The van der Waals surface area contributed by atoms with E-state index in [1.165, 1.54) is 18.9 Å². The Morgan fingerprint density at radius 2 is 1.83 bits per heavy atom. The number of primary amides is 1. The average molecular weight is 415 g/mol. The number of ether oxygens (including phenoxy) is 1. The molecule has 1 heterocycles. The Bertz CT molecular complexity index is 918. The molecule has 0 bridgehead atoms. The van der Waals surface area contributed by atoms with Crippen molar-refractivity contribution in [2.45, 2.75) is 23.9 Å². The van der Waals surface area contributed by atoms with Crippen LogP contribution in [0.2, 0.25) is 0 Å². The van der Waals surface area contributed by atoms with Crippen molar-refractivity contribution < 1.29 is 24.0 Å². The fourth-order valence-electron chi connectivity index (χ4n) is 3.48. The van der Waals surface area contributed by atoms with Gasteiger partial charge in [0.2, 0.25) is 5.91 Å². The summed E-state index contributed by atoms with van der Waals surface area (Å²) < 4.78 is 4.97. The van der Waals surface area contributed by atoms with Gasteiger partial charge in [0.15, 0.2) is 12.6 Å². The van der Waals surface area contributed by atoms with E-state index in [4.69, 9.17) is 10.5 Å². The lowest BCUT2D eigenvalue weighted by molar-refractivity contribution is -0.924. The van der Waals surface area contributed by atoms with Gasteiger partial charge in [-0.05, 0) is 17.7 Å². The number of methoxy groups -OCH3 is 1. The van der Waals surface area contributed by atoms with Gasteiger partial charge in [0.1, 0.15) is 6.54 Å². The zero-order chi connectivity index (χ0) is 20.8. The molecule has 2 aromatic carbocycles. The van der Waals surface area contributed by atoms with Crippen LogP contribution in [0.4, 0.5) is 5.69 Å². The van der Waals surface area contributed by atoms with Crippen LogP contribution in [0.5, 0.6) is 0 Å². The Morgan fingerprint density at radius 3 is 2.55 bits per heavy atom. The molecule has 1 aliphatic heterocycles. The second-order valence-electron chi connectivity index (χ2n) is 6.86. The number of benzene rings is 2. The molecule has 0 aromatic heterocycles. The molecule has 2 aromatic rings. The molecule has 7 nitrogen and oxygen atoms in total. The number of esters is 1. The first-order chi connectivity index (χ1) is 14.0. The number of thioether (sulfide) groups is 1. The van der Waals surface area contributed by atoms with Crippen LogP contribution in [-0.2, 0) is 32.1 Å². The standard InChI is InChI=1S/C21H23N3O4S/c1-28-21(27)17-10-14-6-2-3-7-15(14)11-24(17)12-20(26)23-16-8-4-5-9-18(16)29-13-19(22)25/h2-9,17H,10-13H2,1H3,(H2,22,25)(H,23,26)/p+1/t17-/m1/s1. The van der Waals surface area contributed by atoms with Crippen molar-refractivity contribution in [3.63, 3.8) is 0 Å². The van der Waals surface area contributed by atoms with Crippen molar-refractivity contribution in [3.8, 4) is 0 Å². The fourth-order valence-corrected chi connectivity index (χ4v) is 4.23. The minimum absolute atomic E-state index is 0.128. The Labute approximate surface area is 173 Å². The van der Waals surface area contributed by atoms with Gasteiger partial charge in [-0.2, -0.15) is 0 Å². The lowest BCUT2D eigenvalue weighted by Gasteiger charge is -2.31. The van der Waals surface area contributed by atoms with E-state index in [0.29, 0.717) is 18.7 Å². The van der Waals surface area contributed by atoms with Crippen molar-refractivity contribution in [1.29, 1.82) is 0 Å². The number of anilines is 1. The summed E-state index contributed by atoms with van der Waals surface area (Å²) in [6.45, 7) is 0.699. The van der Waals surface area contributed by atoms with Gasteiger partial charge in [0.05, 0.1) is 18.6 Å². The van der Waals surface area contributed by atoms with Crippen molar-refractivity contribution in [2.24, 2.45) is 5.73 Å². The molecule has 0 spiro atoms. The number of amides is 2. The summed E-state index contributed by atoms with van der Waals surface area (Å²) >= 11 is 1.27. The number of carbonyl (C=O) groups is 3. The number of nitrogens with two attached hydrogens (primary N) is 1. The van der Waals surface area contributed by atoms with Crippen LogP contribution < -0.4 is 16.0 Å². The molecule has 0 fully saturated rings. The minimum Gasteiger partial charge on any atom is -0.465 e. The maximum atomic E-state index is 12.8. The highest BCUT2D eigenvalue weighted by Crippen LogP contribution is 2.26. The number of hydrogen-bond donors (Lipinski definition) is 3. The molecule has 0 saturated carbocycles. The first-order valence-corrected chi connectivity index (χ1v) is 10.3. The summed E-state index contributed by atoms with van der Waals surface area (Å²) in [4.78, 5) is 37.7. The van der Waals surface area contributed by atoms with Gasteiger partial charge in [0, 0.05) is 16.9 Å². The second kappa shape index (κ2) is 9.58. The van der Waals surface area contributed by atoms with Crippen LogP contribution in [0, 0.1) is 0 Å². The Hall–Kier alpha value is -2.84. The first kappa shape index (κ1) is 20.9. The molecule has 8 heteroatoms. The smallest absolute Gasteiger partial charge is 0.365 e. The molecule has 1 aliphatic rings. The highest BCUT2D eigenvalue weighted by molar-refractivity contribution is 8.00. The van der Waals surface area contributed by atoms with Crippen molar-refractivity contribution >= 4 is 35.2 Å². The molecule has 4 N–H and O–H groups in total. The van der Waals surface area contributed by atoms with Gasteiger partial charge < -0.3 is 20.7 Å². The van der Waals surface area contributed by atoms with Crippen LogP contribution in [0.3, 0.4) is 0 Å². The van der Waals surface area contributed by atoms with Crippen LogP contribution in [0.25, 0.3) is 0 Å². The number of rotatable bonds is 7. The third-order valence-corrected chi connectivity index (χ3v) is 5.95. The zero-order valence-electron chi connectivity index (χ0n) is 16.1. The maximum Gasteiger partial charge on any atom is 0.365 e. The largest absolute Gasteiger partial charge is 0.465 e. The topological polar surface area (TPSA) is 103 Å². The number of hydrogen-bond acceptors (Lipinski definition) is 5. The summed E-state index contributed by atoms with van der Waals surface area (Å²) in [6, 6.07) is 14.8. The molecule has 0 radical (unpaired) electrons. The Morgan fingerprint density at radius 1 is 1.14 bits per heavy atom. The van der Waals surface area contributed by atoms with E-state index in [9.17, 15) is 14.4 Å². The molecule has 2 amide bonds. The van der Waals surface area contributed by atoms with Crippen molar-refractivity contribution in [2.75, 3.05) is 24.7 Å². The van der Waals surface area contributed by atoms with E-state index in [-0.39, 0.29) is 24.2 Å². The van der Waals surface area contributed by atoms with Gasteiger partial charge in [-0.3, -0.25) is 9.59 Å². The summed E-state index contributed by atoms with van der Waals surface area (Å²) in [6.07, 6.45) is 0.538. The van der Waals surface area contributed by atoms with Crippen LogP contribution in [-0.4, -0.2) is 43.2 Å². The first-order valence-electron chi connectivity index (χ1n) is 9.27. The maximum absolute atomic E-state index is 12.8. The Balaban J connectivity index is 1.72. The monoisotopic (exact) mass is 414 g/mol. The summed E-state index contributed by atoms with van der Waals surface area (Å²) in [5.41, 5.74) is 8.08. The van der Waals surface area contributed by atoms with Gasteiger partial charge >= 0.3 is 5.97 Å². The number of carbonyl (C=O) groups excluding carboxylic acids is 3. The van der Waals surface area contributed by atoms with E-state index < -0.39 is 11.9 Å². The molecular formula is C21H24N3O4S+. The quantitative estimate of drug-likeness (QED) is 0.449. The van der Waals surface area contributed by atoms with Gasteiger partial charge in [-0.25, -0.2) is 4.79 Å². The minimum atomic E-state index is -0.430. The number of para-hydroxylation sites is 1. The van der Waals surface area contributed by atoms with Gasteiger partial charge in [-0.15, -0.1) is 11.8 Å². The molecule has 1 unspecified atom stereocenters. The van der Waals surface area contributed by atoms with Crippen molar-refractivity contribution in [1.82, 2.24) is 0 Å². The highest BCUT2D eigenvalue weighted by atomic mass is 32.2. The van der Waals surface area contributed by atoms with Crippen LogP contribution in [0.1, 0.15) is 11.1 Å². The SMILES string of the molecule is COC(=O)[C@H]1Cc2ccccc2C[NH+]1CC(=O)Nc1ccccc1SCC(N)=O. The molecule has 0 saturated heterocycles. The third kappa shape index (κ3) is 5.36. The molecule has 0 aliphatic carbocycles. The van der Waals surface area contributed by atoms with Gasteiger partial charge in [0.25, 0.3) is 5.91 Å². The number of nitrogens with one attached hydrogen (secondary N) is 2. The molecule has 29 heavy (non-hydrogen) atoms.